The summed E-state index contributed by atoms with van der Waals surface area (Å²) in [4.78, 5) is 29.1. The van der Waals surface area contributed by atoms with Gasteiger partial charge in [-0.1, -0.05) is 13.0 Å². The zero-order valence-electron chi connectivity index (χ0n) is 15.0. The average Bonchev–Trinajstić information content (AvgIpc) is 2.70. The number of nitrogens with one attached hydrogen (secondary N) is 1. The highest BCUT2D eigenvalue weighted by Gasteiger charge is 2.22. The van der Waals surface area contributed by atoms with Crippen molar-refractivity contribution in [1.82, 2.24) is 9.80 Å². The van der Waals surface area contributed by atoms with E-state index < -0.39 is 17.5 Å². The van der Waals surface area contributed by atoms with Crippen molar-refractivity contribution < 1.29 is 18.4 Å². The maximum absolute atomic E-state index is 13.3. The standard InChI is InChI=1S/C20H21F2N3O2/c1-2-24-8-10-25(11-9-24)20(27)15-5-3-4-14(12-15)19(26)23-16-6-7-17(21)18(22)13-16/h3-7,12-13H,2,8-11H2,1H3,(H,23,26). The fourth-order valence-electron chi connectivity index (χ4n) is 3.02. The maximum atomic E-state index is 13.3. The van der Waals surface area contributed by atoms with Gasteiger partial charge in [-0.3, -0.25) is 9.59 Å². The third kappa shape index (κ3) is 4.49. The van der Waals surface area contributed by atoms with Crippen LogP contribution in [0.3, 0.4) is 0 Å². The molecule has 0 unspecified atom stereocenters. The second-order valence-corrected chi connectivity index (χ2v) is 6.39. The number of likely N-dealkylation sites (N-methyl/N-ethyl adjacent to an activating group) is 1. The van der Waals surface area contributed by atoms with Gasteiger partial charge in [-0.15, -0.1) is 0 Å². The molecule has 1 fully saturated rings. The van der Waals surface area contributed by atoms with E-state index in [1.54, 1.807) is 23.1 Å². The Hall–Kier alpha value is -2.80. The molecule has 1 saturated heterocycles. The van der Waals surface area contributed by atoms with E-state index >= 15 is 0 Å². The minimum absolute atomic E-state index is 0.117. The SMILES string of the molecule is CCN1CCN(C(=O)c2cccc(C(=O)Nc3ccc(F)c(F)c3)c2)CC1. The number of halogens is 2. The Bertz CT molecular complexity index is 849. The third-order valence-electron chi connectivity index (χ3n) is 4.66. The van der Waals surface area contributed by atoms with Gasteiger partial charge in [0.1, 0.15) is 0 Å². The summed E-state index contributed by atoms with van der Waals surface area (Å²) < 4.78 is 26.3. The minimum Gasteiger partial charge on any atom is -0.336 e. The quantitative estimate of drug-likeness (QED) is 0.897. The lowest BCUT2D eigenvalue weighted by atomic mass is 10.1. The number of hydrogen-bond acceptors (Lipinski definition) is 3. The monoisotopic (exact) mass is 373 g/mol. The number of nitrogens with zero attached hydrogens (tertiary/aromatic N) is 2. The van der Waals surface area contributed by atoms with Crippen LogP contribution in [0.1, 0.15) is 27.6 Å². The van der Waals surface area contributed by atoms with E-state index in [1.807, 2.05) is 0 Å². The molecule has 2 aromatic carbocycles. The van der Waals surface area contributed by atoms with Crippen LogP contribution in [0.2, 0.25) is 0 Å². The highest BCUT2D eigenvalue weighted by Crippen LogP contribution is 2.16. The van der Waals surface area contributed by atoms with Gasteiger partial charge in [0.25, 0.3) is 11.8 Å². The Kier molecular flexibility index (Phi) is 5.81. The largest absolute Gasteiger partial charge is 0.336 e. The van der Waals surface area contributed by atoms with Crippen molar-refractivity contribution in [2.45, 2.75) is 6.92 Å². The van der Waals surface area contributed by atoms with Crippen molar-refractivity contribution in [2.75, 3.05) is 38.0 Å². The smallest absolute Gasteiger partial charge is 0.255 e. The zero-order chi connectivity index (χ0) is 19.4. The normalized spacial score (nSPS) is 14.9. The lowest BCUT2D eigenvalue weighted by Crippen LogP contribution is -2.48. The van der Waals surface area contributed by atoms with Gasteiger partial charge in [0.15, 0.2) is 11.6 Å². The Morgan fingerprint density at radius 1 is 0.963 bits per heavy atom. The number of anilines is 1. The van der Waals surface area contributed by atoms with Crippen molar-refractivity contribution >= 4 is 17.5 Å². The highest BCUT2D eigenvalue weighted by atomic mass is 19.2. The third-order valence-corrected chi connectivity index (χ3v) is 4.66. The fourth-order valence-corrected chi connectivity index (χ4v) is 3.02. The van der Waals surface area contributed by atoms with Gasteiger partial charge in [-0.25, -0.2) is 8.78 Å². The van der Waals surface area contributed by atoms with E-state index in [0.29, 0.717) is 18.7 Å². The first-order chi connectivity index (χ1) is 13.0. The molecule has 2 amide bonds. The van der Waals surface area contributed by atoms with Gasteiger partial charge in [0, 0.05) is 49.1 Å². The van der Waals surface area contributed by atoms with Crippen LogP contribution in [0.25, 0.3) is 0 Å². The molecule has 0 aromatic heterocycles. The van der Waals surface area contributed by atoms with Crippen molar-refractivity contribution in [3.63, 3.8) is 0 Å². The lowest BCUT2D eigenvalue weighted by molar-refractivity contribution is 0.0643. The molecule has 7 heteroatoms. The Morgan fingerprint density at radius 3 is 2.33 bits per heavy atom. The molecular weight excluding hydrogens is 352 g/mol. The molecule has 3 rings (SSSR count). The second-order valence-electron chi connectivity index (χ2n) is 6.39. The van der Waals surface area contributed by atoms with Crippen molar-refractivity contribution in [3.8, 4) is 0 Å². The molecule has 2 aromatic rings. The van der Waals surface area contributed by atoms with Crippen LogP contribution in [-0.4, -0.2) is 54.3 Å². The van der Waals surface area contributed by atoms with Crippen LogP contribution in [0, 0.1) is 11.6 Å². The molecule has 5 nitrogen and oxygen atoms in total. The molecule has 0 atom stereocenters. The average molecular weight is 373 g/mol. The van der Waals surface area contributed by atoms with Crippen LogP contribution in [0.4, 0.5) is 14.5 Å². The number of benzene rings is 2. The summed E-state index contributed by atoms with van der Waals surface area (Å²) in [6.07, 6.45) is 0. The topological polar surface area (TPSA) is 52.7 Å². The predicted octanol–water partition coefficient (Wildman–Crippen LogP) is 2.99. The summed E-state index contributed by atoms with van der Waals surface area (Å²) in [5, 5.41) is 2.51. The number of piperazine rings is 1. The first-order valence-electron chi connectivity index (χ1n) is 8.86. The summed E-state index contributed by atoms with van der Waals surface area (Å²) in [7, 11) is 0. The molecule has 0 radical (unpaired) electrons. The molecule has 27 heavy (non-hydrogen) atoms. The Balaban J connectivity index is 1.70. The van der Waals surface area contributed by atoms with Crippen molar-refractivity contribution in [1.29, 1.82) is 0 Å². The fraction of sp³-hybridized carbons (Fsp3) is 0.300. The Labute approximate surface area is 156 Å². The number of hydrogen-bond donors (Lipinski definition) is 1. The summed E-state index contributed by atoms with van der Waals surface area (Å²) in [5.41, 5.74) is 0.849. The summed E-state index contributed by atoms with van der Waals surface area (Å²) >= 11 is 0. The maximum Gasteiger partial charge on any atom is 0.255 e. The summed E-state index contributed by atoms with van der Waals surface area (Å²) in [6, 6.07) is 9.53. The van der Waals surface area contributed by atoms with Gasteiger partial charge < -0.3 is 15.1 Å². The molecule has 1 aliphatic heterocycles. The van der Waals surface area contributed by atoms with Crippen LogP contribution in [0.5, 0.6) is 0 Å². The van der Waals surface area contributed by atoms with E-state index in [0.717, 1.165) is 31.8 Å². The Morgan fingerprint density at radius 2 is 1.67 bits per heavy atom. The number of amides is 2. The second kappa shape index (κ2) is 8.26. The van der Waals surface area contributed by atoms with E-state index in [2.05, 4.69) is 17.1 Å². The predicted molar refractivity (Wildman–Crippen MR) is 98.8 cm³/mol. The number of rotatable bonds is 4. The molecule has 0 spiro atoms. The van der Waals surface area contributed by atoms with Crippen molar-refractivity contribution in [3.05, 3.63) is 65.2 Å². The van der Waals surface area contributed by atoms with Gasteiger partial charge >= 0.3 is 0 Å². The molecule has 0 saturated carbocycles. The minimum atomic E-state index is -1.04. The molecule has 142 valence electrons. The van der Waals surface area contributed by atoms with Gasteiger partial charge in [-0.05, 0) is 36.9 Å². The molecule has 1 aliphatic rings. The highest BCUT2D eigenvalue weighted by molar-refractivity contribution is 6.06. The van der Waals surface area contributed by atoms with Crippen LogP contribution in [-0.2, 0) is 0 Å². The van der Waals surface area contributed by atoms with E-state index in [1.165, 1.54) is 12.1 Å². The lowest BCUT2D eigenvalue weighted by Gasteiger charge is -2.34. The molecule has 0 aliphatic carbocycles. The first kappa shape index (κ1) is 19.0. The van der Waals surface area contributed by atoms with E-state index in [4.69, 9.17) is 0 Å². The molecular formula is C20H21F2N3O2. The number of carbonyl (C=O) groups excluding carboxylic acids is 2. The van der Waals surface area contributed by atoms with Gasteiger partial charge in [0.05, 0.1) is 0 Å². The molecule has 0 bridgehead atoms. The van der Waals surface area contributed by atoms with E-state index in [-0.39, 0.29) is 17.2 Å². The van der Waals surface area contributed by atoms with Gasteiger partial charge in [-0.2, -0.15) is 0 Å². The summed E-state index contributed by atoms with van der Waals surface area (Å²) in [6.45, 7) is 6.02. The molecule has 1 N–H and O–H groups in total. The van der Waals surface area contributed by atoms with Crippen LogP contribution in [0.15, 0.2) is 42.5 Å². The zero-order valence-corrected chi connectivity index (χ0v) is 15.0. The van der Waals surface area contributed by atoms with Crippen molar-refractivity contribution in [2.24, 2.45) is 0 Å². The van der Waals surface area contributed by atoms with E-state index in [9.17, 15) is 18.4 Å². The van der Waals surface area contributed by atoms with Crippen LogP contribution < -0.4 is 5.32 Å². The molecule has 1 heterocycles. The number of carbonyl (C=O) groups is 2. The summed E-state index contributed by atoms with van der Waals surface area (Å²) in [5.74, 6) is -2.63. The van der Waals surface area contributed by atoms with Gasteiger partial charge in [0.2, 0.25) is 0 Å². The van der Waals surface area contributed by atoms with Crippen LogP contribution >= 0.6 is 0 Å². The first-order valence-corrected chi connectivity index (χ1v) is 8.86.